The molecule has 2 aliphatic rings. The lowest BCUT2D eigenvalue weighted by Crippen LogP contribution is -2.32. The second kappa shape index (κ2) is 12.6. The number of hydrogen-bond donors (Lipinski definition) is 0. The molecular formula is C55H30N6O. The van der Waals surface area contributed by atoms with Crippen LogP contribution in [0.1, 0.15) is 33.4 Å². The number of hydrogen-bond acceptors (Lipinski definition) is 5. The number of nitriles is 2. The highest BCUT2D eigenvalue weighted by Gasteiger charge is 2.52. The molecule has 0 bridgehead atoms. The first kappa shape index (κ1) is 34.1. The van der Waals surface area contributed by atoms with Crippen LogP contribution in [0.2, 0.25) is 0 Å². The van der Waals surface area contributed by atoms with Gasteiger partial charge in [0.05, 0.1) is 73.5 Å². The molecule has 1 spiro atoms. The lowest BCUT2D eigenvalue weighted by molar-refractivity contribution is 0.436. The zero-order valence-electron chi connectivity index (χ0n) is 32.9. The Morgan fingerprint density at radius 2 is 0.919 bits per heavy atom. The first-order valence-corrected chi connectivity index (χ1v) is 20.5. The Balaban J connectivity index is 1.04. The third kappa shape index (κ3) is 4.46. The summed E-state index contributed by atoms with van der Waals surface area (Å²) in [5, 5.41) is 24.1. The summed E-state index contributed by atoms with van der Waals surface area (Å²) in [5.41, 5.74) is 14.7. The molecule has 62 heavy (non-hydrogen) atoms. The lowest BCUT2D eigenvalue weighted by Gasteiger charge is -2.39. The summed E-state index contributed by atoms with van der Waals surface area (Å²) in [6.07, 6.45) is 3.68. The molecule has 4 aromatic heterocycles. The van der Waals surface area contributed by atoms with Crippen molar-refractivity contribution in [2.24, 2.45) is 0 Å². The highest BCUT2D eigenvalue weighted by atomic mass is 16.5. The van der Waals surface area contributed by atoms with Gasteiger partial charge in [0.2, 0.25) is 0 Å². The van der Waals surface area contributed by atoms with E-state index in [4.69, 9.17) is 14.7 Å². The summed E-state index contributed by atoms with van der Waals surface area (Å²) in [6, 6.07) is 63.2. The number of para-hydroxylation sites is 4. The van der Waals surface area contributed by atoms with Crippen molar-refractivity contribution >= 4 is 43.6 Å². The van der Waals surface area contributed by atoms with Crippen LogP contribution in [0.5, 0.6) is 11.5 Å². The molecule has 0 fully saturated rings. The minimum Gasteiger partial charge on any atom is -0.457 e. The summed E-state index contributed by atoms with van der Waals surface area (Å²) in [4.78, 5) is 9.80. The van der Waals surface area contributed by atoms with E-state index in [0.29, 0.717) is 11.1 Å². The second-order valence-electron chi connectivity index (χ2n) is 16.0. The van der Waals surface area contributed by atoms with Gasteiger partial charge in [-0.3, -0.25) is 9.97 Å². The van der Waals surface area contributed by atoms with Crippen molar-refractivity contribution in [1.82, 2.24) is 19.1 Å². The molecule has 0 N–H and O–H groups in total. The summed E-state index contributed by atoms with van der Waals surface area (Å²) in [5.74, 6) is 1.61. The van der Waals surface area contributed by atoms with E-state index in [2.05, 4.69) is 130 Å². The summed E-state index contributed by atoms with van der Waals surface area (Å²) < 4.78 is 11.3. The number of nitrogens with zero attached hydrogens (tertiary/aromatic N) is 6. The Morgan fingerprint density at radius 1 is 0.419 bits per heavy atom. The van der Waals surface area contributed by atoms with Crippen molar-refractivity contribution in [2.45, 2.75) is 5.41 Å². The Kier molecular flexibility index (Phi) is 6.94. The van der Waals surface area contributed by atoms with Gasteiger partial charge in [0.1, 0.15) is 11.5 Å². The van der Waals surface area contributed by atoms with Gasteiger partial charge in [0, 0.05) is 45.1 Å². The fraction of sp³-hybridized carbons (Fsp3) is 0.0182. The van der Waals surface area contributed by atoms with Crippen LogP contribution in [0.4, 0.5) is 0 Å². The normalized spacial score (nSPS) is 13.1. The van der Waals surface area contributed by atoms with Gasteiger partial charge in [-0.05, 0) is 119 Å². The first-order chi connectivity index (χ1) is 30.6. The van der Waals surface area contributed by atoms with E-state index in [9.17, 15) is 10.5 Å². The number of ether oxygens (including phenoxy) is 1. The molecule has 1 aliphatic carbocycles. The van der Waals surface area contributed by atoms with Gasteiger partial charge in [-0.25, -0.2) is 0 Å². The zero-order valence-corrected chi connectivity index (χ0v) is 32.9. The smallest absolute Gasteiger partial charge is 0.132 e. The Bertz CT molecular complexity index is 3790. The van der Waals surface area contributed by atoms with Crippen LogP contribution in [0.3, 0.4) is 0 Å². The van der Waals surface area contributed by atoms with Crippen LogP contribution < -0.4 is 4.74 Å². The highest BCUT2D eigenvalue weighted by Crippen LogP contribution is 2.61. The molecule has 0 radical (unpaired) electrons. The summed E-state index contributed by atoms with van der Waals surface area (Å²) >= 11 is 0. The van der Waals surface area contributed by atoms with E-state index in [0.717, 1.165) is 111 Å². The molecule has 7 heteroatoms. The zero-order chi connectivity index (χ0) is 41.1. The summed E-state index contributed by atoms with van der Waals surface area (Å²) in [7, 11) is 0. The maximum atomic E-state index is 10.2. The Labute approximate surface area is 355 Å². The summed E-state index contributed by atoms with van der Waals surface area (Å²) in [6.45, 7) is 0. The quantitative estimate of drug-likeness (QED) is 0.178. The molecule has 0 saturated heterocycles. The average Bonchev–Trinajstić information content (AvgIpc) is 3.95. The van der Waals surface area contributed by atoms with Crippen molar-refractivity contribution in [1.29, 1.82) is 10.5 Å². The Morgan fingerprint density at radius 3 is 1.60 bits per heavy atom. The van der Waals surface area contributed by atoms with Crippen LogP contribution in [0.15, 0.2) is 182 Å². The van der Waals surface area contributed by atoms with Crippen LogP contribution in [-0.4, -0.2) is 19.1 Å². The number of aromatic nitrogens is 4. The van der Waals surface area contributed by atoms with Crippen molar-refractivity contribution in [3.63, 3.8) is 0 Å². The first-order valence-electron chi connectivity index (χ1n) is 20.5. The average molecular weight is 791 g/mol. The number of benzene rings is 7. The standard InChI is InChI=1S/C55H30N6O/c56-31-33-17-21-46-38(27-33)37-9-1-3-13-45(37)60(46)49-14-4-5-15-50(49)61-47-22-18-34(32-57)28-39(47)40-29-35(19-23-48(40)61)36-20-24-52-44(30-36)55(41-10-2-6-16-51(41)62-52)42-11-7-25-58-53(42)54-43(55)12-8-26-59-54/h1-30H. The molecule has 0 amide bonds. The van der Waals surface area contributed by atoms with E-state index in [1.165, 1.54) is 0 Å². The molecule has 7 aromatic carbocycles. The molecule has 1 aliphatic heterocycles. The van der Waals surface area contributed by atoms with Gasteiger partial charge >= 0.3 is 0 Å². The second-order valence-corrected chi connectivity index (χ2v) is 16.0. The van der Waals surface area contributed by atoms with Crippen molar-refractivity contribution in [3.05, 3.63) is 216 Å². The molecule has 0 unspecified atom stereocenters. The predicted octanol–water partition coefficient (Wildman–Crippen LogP) is 12.5. The number of rotatable bonds is 3. The Hall–Kier alpha value is -8.78. The van der Waals surface area contributed by atoms with E-state index in [-0.39, 0.29) is 0 Å². The monoisotopic (exact) mass is 790 g/mol. The van der Waals surface area contributed by atoms with Gasteiger partial charge in [0.25, 0.3) is 0 Å². The molecule has 5 heterocycles. The largest absolute Gasteiger partial charge is 0.457 e. The highest BCUT2D eigenvalue weighted by molar-refractivity contribution is 6.12. The fourth-order valence-corrected chi connectivity index (χ4v) is 10.4. The topological polar surface area (TPSA) is 92.5 Å². The molecule has 0 atom stereocenters. The van der Waals surface area contributed by atoms with E-state index in [1.54, 1.807) is 0 Å². The van der Waals surface area contributed by atoms with Gasteiger partial charge in [0.15, 0.2) is 0 Å². The third-order valence-electron chi connectivity index (χ3n) is 12.9. The molecule has 11 aromatic rings. The van der Waals surface area contributed by atoms with Crippen molar-refractivity contribution in [2.75, 3.05) is 0 Å². The molecule has 7 nitrogen and oxygen atoms in total. The van der Waals surface area contributed by atoms with Gasteiger partial charge in [-0.2, -0.15) is 10.5 Å². The van der Waals surface area contributed by atoms with E-state index < -0.39 is 5.41 Å². The van der Waals surface area contributed by atoms with Gasteiger partial charge in [-0.1, -0.05) is 72.8 Å². The number of pyridine rings is 2. The van der Waals surface area contributed by atoms with Crippen molar-refractivity contribution in [3.8, 4) is 57.5 Å². The van der Waals surface area contributed by atoms with Gasteiger partial charge in [-0.15, -0.1) is 0 Å². The van der Waals surface area contributed by atoms with Crippen LogP contribution in [0.25, 0.3) is 77.5 Å². The SMILES string of the molecule is N#Cc1ccc2c(c1)c1ccccc1n2-c1ccccc1-n1c2ccc(C#N)cc2c2cc(-c3ccc4c(c3)C3(c5ccccc5O4)c4cccnc4-c4ncccc43)ccc21. The van der Waals surface area contributed by atoms with Crippen LogP contribution in [-0.2, 0) is 5.41 Å². The molecule has 0 saturated carbocycles. The van der Waals surface area contributed by atoms with E-state index >= 15 is 0 Å². The minimum atomic E-state index is -0.693. The van der Waals surface area contributed by atoms with Gasteiger partial charge < -0.3 is 13.9 Å². The lowest BCUT2D eigenvalue weighted by atomic mass is 9.66. The van der Waals surface area contributed by atoms with Crippen LogP contribution in [0, 0.1) is 22.7 Å². The van der Waals surface area contributed by atoms with Crippen molar-refractivity contribution < 1.29 is 4.74 Å². The maximum Gasteiger partial charge on any atom is 0.132 e. The van der Waals surface area contributed by atoms with Crippen LogP contribution >= 0.6 is 0 Å². The fourth-order valence-electron chi connectivity index (χ4n) is 10.4. The number of fused-ring (bicyclic) bond motifs is 15. The predicted molar refractivity (Wildman–Crippen MR) is 243 cm³/mol. The third-order valence-corrected chi connectivity index (χ3v) is 12.9. The van der Waals surface area contributed by atoms with E-state index in [1.807, 2.05) is 73.1 Å². The molecule has 13 rings (SSSR count). The minimum absolute atomic E-state index is 0.596. The molecule has 286 valence electrons. The molecular weight excluding hydrogens is 761 g/mol. The maximum absolute atomic E-state index is 10.2.